The Morgan fingerprint density at radius 1 is 1.57 bits per heavy atom. The predicted octanol–water partition coefficient (Wildman–Crippen LogP) is 2.43. The Balaban J connectivity index is 2.12. The van der Waals surface area contributed by atoms with Crippen molar-refractivity contribution in [3.63, 3.8) is 0 Å². The molecule has 0 aromatic carbocycles. The van der Waals surface area contributed by atoms with Crippen LogP contribution in [0.3, 0.4) is 0 Å². The van der Waals surface area contributed by atoms with Gasteiger partial charge in [0.2, 0.25) is 0 Å². The second-order valence-corrected chi connectivity index (χ2v) is 4.36. The summed E-state index contributed by atoms with van der Waals surface area (Å²) in [6, 6.07) is 0. The molecule has 0 amide bonds. The largest absolute Gasteiger partial charge is 0.557 e. The van der Waals surface area contributed by atoms with E-state index >= 15 is 0 Å². The van der Waals surface area contributed by atoms with Gasteiger partial charge in [-0.1, -0.05) is 19.8 Å². The number of cyclic esters (lactones) is 2. The molecule has 80 valence electrons. The van der Waals surface area contributed by atoms with Crippen molar-refractivity contribution in [2.45, 2.75) is 32.0 Å². The third kappa shape index (κ3) is 3.60. The molecular weight excluding hydrogens is 207 g/mol. The highest BCUT2D eigenvalue weighted by atomic mass is 31.1. The predicted molar refractivity (Wildman–Crippen MR) is 49.3 cm³/mol. The number of hydrogen-bond donors (Lipinski definition) is 0. The monoisotopic (exact) mass is 221 g/mol. The van der Waals surface area contributed by atoms with Crippen LogP contribution in [0.2, 0.25) is 0 Å². The van der Waals surface area contributed by atoms with Crippen molar-refractivity contribution in [3.8, 4) is 0 Å². The van der Waals surface area contributed by atoms with E-state index in [0.717, 1.165) is 19.3 Å². The lowest BCUT2D eigenvalue weighted by Crippen LogP contribution is -2.05. The molecule has 0 aromatic heterocycles. The number of rotatable bonds is 6. The van der Waals surface area contributed by atoms with Crippen LogP contribution in [-0.4, -0.2) is 25.2 Å². The van der Waals surface area contributed by atoms with E-state index in [9.17, 15) is 9.36 Å². The highest BCUT2D eigenvalue weighted by Gasteiger charge is 2.43. The van der Waals surface area contributed by atoms with E-state index in [1.165, 1.54) is 0 Å². The summed E-state index contributed by atoms with van der Waals surface area (Å²) in [4.78, 5) is 10.5. The fraction of sp³-hybridized carbons (Fsp3) is 0.875. The fourth-order valence-electron chi connectivity index (χ4n) is 1.01. The van der Waals surface area contributed by atoms with Crippen LogP contribution < -0.4 is 0 Å². The lowest BCUT2D eigenvalue weighted by atomic mass is 10.3. The minimum absolute atomic E-state index is 0.0296. The second-order valence-electron chi connectivity index (χ2n) is 2.96. The summed E-state index contributed by atoms with van der Waals surface area (Å²) in [6.45, 7) is 2.55. The number of ether oxygens (including phenoxy) is 2. The quantitative estimate of drug-likeness (QED) is 0.391. The van der Waals surface area contributed by atoms with E-state index in [1.54, 1.807) is 0 Å². The van der Waals surface area contributed by atoms with Crippen LogP contribution in [0.1, 0.15) is 26.2 Å². The van der Waals surface area contributed by atoms with E-state index in [2.05, 4.69) is 16.4 Å². The molecule has 5 nitrogen and oxygen atoms in total. The molecule has 1 rings (SSSR count). The Kier molecular flexibility index (Phi) is 4.84. The number of carbonyl (C=O) groups excluding carboxylic acids is 1. The van der Waals surface area contributed by atoms with Gasteiger partial charge in [0.1, 0.15) is 6.61 Å². The first-order chi connectivity index (χ1) is 6.74. The van der Waals surface area contributed by atoms with Crippen molar-refractivity contribution in [2.75, 3.05) is 13.2 Å². The summed E-state index contributed by atoms with van der Waals surface area (Å²) in [6.07, 6.45) is 2.24. The average Bonchev–Trinajstić information content (AvgIpc) is 2.59. The molecule has 2 atom stereocenters. The maximum absolute atomic E-state index is 11.3. The van der Waals surface area contributed by atoms with Gasteiger partial charge in [0.15, 0.2) is 6.61 Å². The van der Waals surface area contributed by atoms with Gasteiger partial charge >= 0.3 is 20.0 Å². The average molecular weight is 221 g/mol. The Morgan fingerprint density at radius 2 is 2.36 bits per heavy atom. The van der Waals surface area contributed by atoms with Gasteiger partial charge in [0.05, 0.1) is 0 Å². The van der Waals surface area contributed by atoms with Gasteiger partial charge < -0.3 is 9.47 Å². The first-order valence-corrected chi connectivity index (χ1v) is 5.91. The van der Waals surface area contributed by atoms with E-state index in [0.29, 0.717) is 6.61 Å². The molecule has 1 fully saturated rings. The van der Waals surface area contributed by atoms with Crippen molar-refractivity contribution >= 4 is 14.2 Å². The molecule has 0 aromatic rings. The van der Waals surface area contributed by atoms with Crippen molar-refractivity contribution < 1.29 is 23.4 Å². The summed E-state index contributed by atoms with van der Waals surface area (Å²) >= 11 is 0. The van der Waals surface area contributed by atoms with Crippen molar-refractivity contribution in [3.05, 3.63) is 0 Å². The SMILES string of the molecule is CCCCCO[P+](=O)C1COC(=O)O1. The summed E-state index contributed by atoms with van der Waals surface area (Å²) in [5, 5.41) is 0. The second kappa shape index (κ2) is 5.94. The number of hydrogen-bond acceptors (Lipinski definition) is 5. The molecule has 14 heavy (non-hydrogen) atoms. The van der Waals surface area contributed by atoms with Crippen LogP contribution in [0, 0.1) is 0 Å². The third-order valence-electron chi connectivity index (χ3n) is 1.78. The summed E-state index contributed by atoms with van der Waals surface area (Å²) in [5.74, 6) is -0.723. The Morgan fingerprint density at radius 3 is 2.93 bits per heavy atom. The normalized spacial score (nSPS) is 21.6. The van der Waals surface area contributed by atoms with Crippen LogP contribution >= 0.6 is 8.03 Å². The molecule has 0 spiro atoms. The number of carbonyl (C=O) groups is 1. The van der Waals surface area contributed by atoms with E-state index < -0.39 is 20.0 Å². The van der Waals surface area contributed by atoms with Gasteiger partial charge in [-0.3, -0.25) is 0 Å². The molecule has 0 radical (unpaired) electrons. The van der Waals surface area contributed by atoms with E-state index in [1.807, 2.05) is 0 Å². The molecule has 1 saturated heterocycles. The maximum Gasteiger partial charge on any atom is 0.557 e. The third-order valence-corrected chi connectivity index (χ3v) is 2.94. The van der Waals surface area contributed by atoms with E-state index in [4.69, 9.17) is 4.52 Å². The molecule has 2 unspecified atom stereocenters. The lowest BCUT2D eigenvalue weighted by Gasteiger charge is -1.94. The zero-order chi connectivity index (χ0) is 10.4. The fourth-order valence-corrected chi connectivity index (χ4v) is 1.86. The molecule has 0 bridgehead atoms. The van der Waals surface area contributed by atoms with E-state index in [-0.39, 0.29) is 6.61 Å². The van der Waals surface area contributed by atoms with Gasteiger partial charge in [0, 0.05) is 0 Å². The Bertz CT molecular complexity index is 218. The minimum Gasteiger partial charge on any atom is -0.425 e. The molecule has 1 aliphatic heterocycles. The first-order valence-electron chi connectivity index (χ1n) is 4.66. The molecule has 0 N–H and O–H groups in total. The Hall–Kier alpha value is -0.670. The van der Waals surface area contributed by atoms with Crippen LogP contribution in [0.25, 0.3) is 0 Å². The summed E-state index contributed by atoms with van der Waals surface area (Å²) in [7, 11) is -1.94. The zero-order valence-electron chi connectivity index (χ0n) is 8.10. The topological polar surface area (TPSA) is 61.8 Å². The highest BCUT2D eigenvalue weighted by Crippen LogP contribution is 2.33. The van der Waals surface area contributed by atoms with Crippen LogP contribution in [-0.2, 0) is 18.6 Å². The molecule has 0 saturated carbocycles. The Labute approximate surface area is 83.6 Å². The molecule has 0 aliphatic carbocycles. The molecular formula is C8H14O5P+. The van der Waals surface area contributed by atoms with Gasteiger partial charge in [-0.15, -0.1) is 4.52 Å². The molecule has 6 heteroatoms. The van der Waals surface area contributed by atoms with Crippen molar-refractivity contribution in [2.24, 2.45) is 0 Å². The van der Waals surface area contributed by atoms with Crippen LogP contribution in [0.15, 0.2) is 0 Å². The summed E-state index contributed by atoms with van der Waals surface area (Å²) in [5.41, 5.74) is 0. The van der Waals surface area contributed by atoms with Gasteiger partial charge in [0.25, 0.3) is 0 Å². The maximum atomic E-state index is 11.3. The minimum atomic E-state index is -1.94. The first kappa shape index (κ1) is 11.4. The lowest BCUT2D eigenvalue weighted by molar-refractivity contribution is 0.126. The van der Waals surface area contributed by atoms with Gasteiger partial charge in [-0.05, 0) is 11.0 Å². The van der Waals surface area contributed by atoms with Crippen LogP contribution in [0.5, 0.6) is 0 Å². The van der Waals surface area contributed by atoms with Crippen molar-refractivity contribution in [1.29, 1.82) is 0 Å². The van der Waals surface area contributed by atoms with Gasteiger partial charge in [-0.25, -0.2) is 4.79 Å². The summed E-state index contributed by atoms with van der Waals surface area (Å²) < 4.78 is 25.5. The van der Waals surface area contributed by atoms with Gasteiger partial charge in [-0.2, -0.15) is 0 Å². The zero-order valence-corrected chi connectivity index (χ0v) is 9.00. The number of unbranched alkanes of at least 4 members (excludes halogenated alkanes) is 2. The smallest absolute Gasteiger partial charge is 0.425 e. The molecule has 1 heterocycles. The van der Waals surface area contributed by atoms with Crippen LogP contribution in [0.4, 0.5) is 4.79 Å². The standard InChI is InChI=1S/C8H14O5P/c1-2-3-4-5-12-14(10)7-6-11-8(9)13-7/h7H,2-6H2,1H3/q+1. The van der Waals surface area contributed by atoms with Crippen molar-refractivity contribution in [1.82, 2.24) is 0 Å². The highest BCUT2D eigenvalue weighted by molar-refractivity contribution is 7.39. The molecule has 1 aliphatic rings.